The fourth-order valence-corrected chi connectivity index (χ4v) is 4.00. The fourth-order valence-electron chi connectivity index (χ4n) is 3.16. The molecule has 0 radical (unpaired) electrons. The summed E-state index contributed by atoms with van der Waals surface area (Å²) in [6.07, 6.45) is 8.85. The molecule has 4 nitrogen and oxygen atoms in total. The van der Waals surface area contributed by atoms with Crippen molar-refractivity contribution in [3.8, 4) is 12.3 Å². The molecule has 0 saturated carbocycles. The number of benzene rings is 2. The van der Waals surface area contributed by atoms with E-state index in [2.05, 4.69) is 5.92 Å². The second-order valence-electron chi connectivity index (χ2n) is 6.36. The minimum absolute atomic E-state index is 0.0238. The number of rotatable bonds is 4. The van der Waals surface area contributed by atoms with Crippen LogP contribution in [0.1, 0.15) is 11.1 Å². The highest BCUT2D eigenvalue weighted by molar-refractivity contribution is 8.18. The van der Waals surface area contributed by atoms with Gasteiger partial charge in [-0.05, 0) is 59.3 Å². The molecule has 0 unspecified atom stereocenters. The molecule has 138 valence electrons. The van der Waals surface area contributed by atoms with E-state index in [1.807, 2.05) is 41.1 Å². The minimum atomic E-state index is -0.364. The van der Waals surface area contributed by atoms with Crippen LogP contribution in [-0.2, 0) is 11.3 Å². The van der Waals surface area contributed by atoms with Crippen LogP contribution in [0, 0.1) is 18.2 Å². The summed E-state index contributed by atoms with van der Waals surface area (Å²) in [5, 5.41) is 0.643. The van der Waals surface area contributed by atoms with E-state index >= 15 is 0 Å². The van der Waals surface area contributed by atoms with Gasteiger partial charge in [-0.3, -0.25) is 14.5 Å². The highest BCUT2D eigenvalue weighted by atomic mass is 32.2. The van der Waals surface area contributed by atoms with Crippen molar-refractivity contribution in [1.29, 1.82) is 0 Å². The van der Waals surface area contributed by atoms with Crippen LogP contribution in [0.4, 0.5) is 9.18 Å². The van der Waals surface area contributed by atoms with Gasteiger partial charge < -0.3 is 4.57 Å². The topological polar surface area (TPSA) is 42.3 Å². The molecule has 28 heavy (non-hydrogen) atoms. The molecule has 6 heteroatoms. The van der Waals surface area contributed by atoms with E-state index in [1.54, 1.807) is 12.1 Å². The van der Waals surface area contributed by atoms with E-state index in [9.17, 15) is 14.0 Å². The normalized spacial score (nSPS) is 15.6. The van der Waals surface area contributed by atoms with Crippen molar-refractivity contribution in [2.45, 2.75) is 6.54 Å². The van der Waals surface area contributed by atoms with E-state index in [-0.39, 0.29) is 23.5 Å². The predicted molar refractivity (Wildman–Crippen MR) is 109 cm³/mol. The molecule has 0 N–H and O–H groups in total. The van der Waals surface area contributed by atoms with E-state index in [0.717, 1.165) is 38.7 Å². The third-order valence-electron chi connectivity index (χ3n) is 4.46. The third-order valence-corrected chi connectivity index (χ3v) is 5.37. The van der Waals surface area contributed by atoms with Crippen molar-refractivity contribution in [3.63, 3.8) is 0 Å². The number of nitrogens with zero attached hydrogens (tertiary/aromatic N) is 2. The van der Waals surface area contributed by atoms with Crippen molar-refractivity contribution in [2.24, 2.45) is 0 Å². The monoisotopic (exact) mass is 390 g/mol. The van der Waals surface area contributed by atoms with Gasteiger partial charge in [-0.1, -0.05) is 24.1 Å². The van der Waals surface area contributed by atoms with Gasteiger partial charge >= 0.3 is 0 Å². The molecule has 1 aliphatic heterocycles. The summed E-state index contributed by atoms with van der Waals surface area (Å²) < 4.78 is 15.4. The molecule has 0 aliphatic carbocycles. The Morgan fingerprint density at radius 1 is 1.14 bits per heavy atom. The maximum absolute atomic E-state index is 13.4. The van der Waals surface area contributed by atoms with Gasteiger partial charge in [0.15, 0.2) is 0 Å². The largest absolute Gasteiger partial charge is 0.343 e. The molecule has 1 fully saturated rings. The summed E-state index contributed by atoms with van der Waals surface area (Å²) in [6.45, 7) is 0.537. The van der Waals surface area contributed by atoms with Crippen molar-refractivity contribution >= 4 is 39.9 Å². The van der Waals surface area contributed by atoms with Crippen LogP contribution in [0.5, 0.6) is 0 Å². The van der Waals surface area contributed by atoms with E-state index in [1.165, 1.54) is 12.1 Å². The van der Waals surface area contributed by atoms with Crippen LogP contribution >= 0.6 is 11.8 Å². The van der Waals surface area contributed by atoms with Gasteiger partial charge in [0.2, 0.25) is 0 Å². The number of carbonyl (C=O) groups excluding carboxylic acids is 2. The summed E-state index contributed by atoms with van der Waals surface area (Å²) in [6, 6.07) is 14.3. The van der Waals surface area contributed by atoms with E-state index in [0.29, 0.717) is 11.4 Å². The summed E-state index contributed by atoms with van der Waals surface area (Å²) in [5.74, 6) is 1.70. The number of amides is 2. The molecule has 4 rings (SSSR count). The number of hydrogen-bond donors (Lipinski definition) is 0. The Morgan fingerprint density at radius 2 is 2.00 bits per heavy atom. The maximum atomic E-state index is 13.4. The quantitative estimate of drug-likeness (QED) is 0.487. The lowest BCUT2D eigenvalue weighted by atomic mass is 10.1. The second kappa shape index (κ2) is 7.37. The van der Waals surface area contributed by atoms with Crippen molar-refractivity contribution < 1.29 is 14.0 Å². The maximum Gasteiger partial charge on any atom is 0.294 e. The lowest BCUT2D eigenvalue weighted by Crippen LogP contribution is -2.28. The SMILES string of the molecule is C#CCN1C(=O)S/C(=C/c2ccc3c(ccn3Cc3cccc(F)c3)c2)C1=O. The molecule has 0 bridgehead atoms. The number of thioether (sulfide) groups is 1. The third kappa shape index (κ3) is 3.45. The highest BCUT2D eigenvalue weighted by Crippen LogP contribution is 2.32. The minimum Gasteiger partial charge on any atom is -0.343 e. The van der Waals surface area contributed by atoms with Gasteiger partial charge in [0, 0.05) is 23.6 Å². The first-order valence-corrected chi connectivity index (χ1v) is 9.39. The average Bonchev–Trinajstić information content (AvgIpc) is 3.18. The number of imide groups is 1. The average molecular weight is 390 g/mol. The van der Waals surface area contributed by atoms with Crippen LogP contribution in [0.2, 0.25) is 0 Å². The first-order valence-electron chi connectivity index (χ1n) is 8.57. The molecule has 1 aromatic heterocycles. The first kappa shape index (κ1) is 18.1. The zero-order valence-electron chi connectivity index (χ0n) is 14.8. The van der Waals surface area contributed by atoms with Gasteiger partial charge in [-0.25, -0.2) is 4.39 Å². The molecule has 2 heterocycles. The van der Waals surface area contributed by atoms with Crippen LogP contribution in [0.3, 0.4) is 0 Å². The summed E-state index contributed by atoms with van der Waals surface area (Å²) in [4.78, 5) is 25.6. The summed E-state index contributed by atoms with van der Waals surface area (Å²) in [5.41, 5.74) is 2.70. The van der Waals surface area contributed by atoms with Crippen molar-refractivity contribution in [3.05, 3.63) is 76.6 Å². The number of aromatic nitrogens is 1. The predicted octanol–water partition coefficient (Wildman–Crippen LogP) is 4.50. The Balaban J connectivity index is 1.61. The van der Waals surface area contributed by atoms with Crippen LogP contribution in [0.15, 0.2) is 59.6 Å². The summed E-state index contributed by atoms with van der Waals surface area (Å²) in [7, 11) is 0. The lowest BCUT2D eigenvalue weighted by Gasteiger charge is -2.07. The molecular formula is C22H15FN2O2S. The number of carbonyl (C=O) groups is 2. The van der Waals surface area contributed by atoms with Crippen LogP contribution in [0.25, 0.3) is 17.0 Å². The van der Waals surface area contributed by atoms with Crippen LogP contribution < -0.4 is 0 Å². The lowest BCUT2D eigenvalue weighted by molar-refractivity contribution is -0.122. The summed E-state index contributed by atoms with van der Waals surface area (Å²) >= 11 is 0.893. The smallest absolute Gasteiger partial charge is 0.294 e. The zero-order chi connectivity index (χ0) is 19.7. The second-order valence-corrected chi connectivity index (χ2v) is 7.36. The molecular weight excluding hydrogens is 375 g/mol. The van der Waals surface area contributed by atoms with Gasteiger partial charge in [0.25, 0.3) is 11.1 Å². The fraction of sp³-hybridized carbons (Fsp3) is 0.0909. The molecule has 1 saturated heterocycles. The van der Waals surface area contributed by atoms with Gasteiger partial charge in [-0.2, -0.15) is 0 Å². The van der Waals surface area contributed by atoms with Gasteiger partial charge in [0.1, 0.15) is 5.82 Å². The molecule has 0 atom stereocenters. The number of terminal acetylenes is 1. The van der Waals surface area contributed by atoms with Crippen molar-refractivity contribution in [1.82, 2.24) is 9.47 Å². The number of fused-ring (bicyclic) bond motifs is 1. The standard InChI is InChI=1S/C22H15FN2O2S/c1-2-9-25-21(26)20(28-22(25)27)13-15-6-7-19-17(11-15)8-10-24(19)14-16-4-3-5-18(23)12-16/h1,3-8,10-13H,9,14H2/b20-13+. The van der Waals surface area contributed by atoms with E-state index < -0.39 is 0 Å². The Bertz CT molecular complexity index is 1170. The van der Waals surface area contributed by atoms with Gasteiger partial charge in [0.05, 0.1) is 11.4 Å². The number of hydrogen-bond acceptors (Lipinski definition) is 3. The first-order chi connectivity index (χ1) is 13.5. The highest BCUT2D eigenvalue weighted by Gasteiger charge is 2.34. The Morgan fingerprint density at radius 3 is 2.79 bits per heavy atom. The van der Waals surface area contributed by atoms with Crippen molar-refractivity contribution in [2.75, 3.05) is 6.54 Å². The molecule has 0 spiro atoms. The molecule has 3 aromatic rings. The zero-order valence-corrected chi connectivity index (χ0v) is 15.6. The van der Waals surface area contributed by atoms with Gasteiger partial charge in [-0.15, -0.1) is 6.42 Å². The molecule has 2 amide bonds. The Kier molecular flexibility index (Phi) is 4.76. The Labute approximate surface area is 165 Å². The molecule has 2 aromatic carbocycles. The van der Waals surface area contributed by atoms with E-state index in [4.69, 9.17) is 6.42 Å². The van der Waals surface area contributed by atoms with Crippen LogP contribution in [-0.4, -0.2) is 27.2 Å². The number of halogens is 1. The Hall–Kier alpha value is -3.30. The molecule has 1 aliphatic rings.